The molecule has 7 N–H and O–H groups in total. The van der Waals surface area contributed by atoms with E-state index in [0.717, 1.165) is 7.11 Å². The zero-order chi connectivity index (χ0) is 14.8. The van der Waals surface area contributed by atoms with Gasteiger partial charge >= 0.3 is 5.97 Å². The van der Waals surface area contributed by atoms with Gasteiger partial charge in [0, 0.05) is 6.42 Å². The number of aliphatic hydroxyl groups excluding tert-OH is 4. The molecule has 6 atom stereocenters. The Kier molecular flexibility index (Phi) is 5.21. The summed E-state index contributed by atoms with van der Waals surface area (Å²) in [5.74, 6) is -3.63. The van der Waals surface area contributed by atoms with E-state index in [-0.39, 0.29) is 0 Å². The molecule has 2 unspecified atom stereocenters. The lowest BCUT2D eigenvalue weighted by Gasteiger charge is -2.43. The number of hydrogen-bond acceptors (Lipinski definition) is 9. The number of hydrogen-bond donors (Lipinski definition) is 6. The van der Waals surface area contributed by atoms with Gasteiger partial charge in [0.25, 0.3) is 5.79 Å². The van der Waals surface area contributed by atoms with Gasteiger partial charge in [0.2, 0.25) is 0 Å². The lowest BCUT2D eigenvalue weighted by Crippen LogP contribution is -2.65. The lowest BCUT2D eigenvalue weighted by molar-refractivity contribution is -0.294. The topological polar surface area (TPSA) is 163 Å². The van der Waals surface area contributed by atoms with Crippen LogP contribution in [0.15, 0.2) is 0 Å². The molecule has 19 heavy (non-hydrogen) atoms. The quantitative estimate of drug-likeness (QED) is 0.282. The summed E-state index contributed by atoms with van der Waals surface area (Å²) in [4.78, 5) is 11.4. The number of nitrogens with two attached hydrogens (primary N) is 1. The maximum atomic E-state index is 11.4. The van der Waals surface area contributed by atoms with E-state index in [0.29, 0.717) is 0 Å². The van der Waals surface area contributed by atoms with Crippen molar-refractivity contribution in [2.75, 3.05) is 13.7 Å². The molecule has 1 rings (SSSR count). The fourth-order valence-electron chi connectivity index (χ4n) is 1.91. The maximum Gasteiger partial charge on any atom is 0.366 e. The van der Waals surface area contributed by atoms with Crippen LogP contribution < -0.4 is 5.73 Å². The Labute approximate surface area is 109 Å². The normalized spacial score (nSPS) is 38.6. The average Bonchev–Trinajstić information content (AvgIpc) is 2.40. The second-order valence-corrected chi connectivity index (χ2v) is 4.45. The Hall–Kier alpha value is -0.810. The molecule has 0 bridgehead atoms. The molecule has 9 nitrogen and oxygen atoms in total. The Morgan fingerprint density at radius 2 is 2.16 bits per heavy atom. The van der Waals surface area contributed by atoms with E-state index in [1.807, 2.05) is 0 Å². The molecule has 0 aromatic carbocycles. The van der Waals surface area contributed by atoms with Gasteiger partial charge in [-0.25, -0.2) is 4.79 Å². The monoisotopic (exact) mass is 281 g/mol. The molecule has 0 radical (unpaired) electrons. The molecule has 1 fully saturated rings. The van der Waals surface area contributed by atoms with Gasteiger partial charge in [-0.2, -0.15) is 0 Å². The van der Waals surface area contributed by atoms with Crippen molar-refractivity contribution in [1.82, 2.24) is 0 Å². The fourth-order valence-corrected chi connectivity index (χ4v) is 1.91. The van der Waals surface area contributed by atoms with Crippen LogP contribution in [0.4, 0.5) is 0 Å². The summed E-state index contributed by atoms with van der Waals surface area (Å²) in [5.41, 5.74) is 5.59. The van der Waals surface area contributed by atoms with Gasteiger partial charge in [-0.05, 0) is 0 Å². The second-order valence-electron chi connectivity index (χ2n) is 4.45. The highest BCUT2D eigenvalue weighted by atomic mass is 16.7. The predicted molar refractivity (Wildman–Crippen MR) is 59.5 cm³/mol. The molecule has 0 spiro atoms. The van der Waals surface area contributed by atoms with Crippen LogP contribution in [0, 0.1) is 0 Å². The lowest BCUT2D eigenvalue weighted by atomic mass is 9.89. The van der Waals surface area contributed by atoms with E-state index in [2.05, 4.69) is 4.74 Å². The summed E-state index contributed by atoms with van der Waals surface area (Å²) in [7, 11) is 1.01. The van der Waals surface area contributed by atoms with Crippen molar-refractivity contribution < 1.29 is 39.8 Å². The molecule has 1 aliphatic rings. The number of methoxy groups -OCH3 is 1. The van der Waals surface area contributed by atoms with E-state index < -0.39 is 55.2 Å². The van der Waals surface area contributed by atoms with E-state index in [1.54, 1.807) is 0 Å². The Morgan fingerprint density at radius 1 is 1.58 bits per heavy atom. The maximum absolute atomic E-state index is 11.4. The van der Waals surface area contributed by atoms with Crippen molar-refractivity contribution in [2.24, 2.45) is 5.73 Å². The number of rotatable bonds is 4. The SMILES string of the molecule is COC(=O)C1(O)C[C@@H](O)[C@@H](N)C([C@H](O)[C@H](O)CO)O1. The highest BCUT2D eigenvalue weighted by molar-refractivity contribution is 5.77. The van der Waals surface area contributed by atoms with Crippen LogP contribution in [-0.4, -0.2) is 81.5 Å². The Morgan fingerprint density at radius 3 is 2.63 bits per heavy atom. The third-order valence-corrected chi connectivity index (χ3v) is 3.06. The van der Waals surface area contributed by atoms with E-state index in [9.17, 15) is 25.2 Å². The van der Waals surface area contributed by atoms with Crippen LogP contribution in [0.1, 0.15) is 6.42 Å². The smallest absolute Gasteiger partial charge is 0.366 e. The second kappa shape index (κ2) is 6.09. The van der Waals surface area contributed by atoms with Crippen molar-refractivity contribution in [3.05, 3.63) is 0 Å². The predicted octanol–water partition coefficient (Wildman–Crippen LogP) is -3.96. The van der Waals surface area contributed by atoms with Gasteiger partial charge in [0.15, 0.2) is 0 Å². The van der Waals surface area contributed by atoms with Gasteiger partial charge < -0.3 is 40.7 Å². The summed E-state index contributed by atoms with van der Waals surface area (Å²) in [6.45, 7) is -0.777. The molecule has 0 saturated carbocycles. The average molecular weight is 281 g/mol. The van der Waals surface area contributed by atoms with Crippen molar-refractivity contribution in [2.45, 2.75) is 42.7 Å². The minimum Gasteiger partial charge on any atom is -0.465 e. The van der Waals surface area contributed by atoms with Crippen molar-refractivity contribution in [3.8, 4) is 0 Å². The summed E-state index contributed by atoms with van der Waals surface area (Å²) in [6, 6.07) is -1.15. The van der Waals surface area contributed by atoms with Crippen molar-refractivity contribution in [3.63, 3.8) is 0 Å². The van der Waals surface area contributed by atoms with Gasteiger partial charge in [0.05, 0.1) is 25.9 Å². The largest absolute Gasteiger partial charge is 0.465 e. The summed E-state index contributed by atoms with van der Waals surface area (Å²) >= 11 is 0. The molecule has 0 aromatic rings. The molecule has 1 saturated heterocycles. The van der Waals surface area contributed by atoms with Crippen LogP contribution in [0.3, 0.4) is 0 Å². The number of carbonyl (C=O) groups is 1. The number of ether oxygens (including phenoxy) is 2. The number of carbonyl (C=O) groups excluding carboxylic acids is 1. The van der Waals surface area contributed by atoms with Gasteiger partial charge in [-0.15, -0.1) is 0 Å². The van der Waals surface area contributed by atoms with Crippen LogP contribution >= 0.6 is 0 Å². The van der Waals surface area contributed by atoms with Crippen LogP contribution in [-0.2, 0) is 14.3 Å². The minimum atomic E-state index is -2.47. The van der Waals surface area contributed by atoms with Crippen LogP contribution in [0.5, 0.6) is 0 Å². The summed E-state index contributed by atoms with van der Waals surface area (Å²) < 4.78 is 9.30. The minimum absolute atomic E-state index is 0.528. The first-order valence-corrected chi connectivity index (χ1v) is 5.66. The zero-order valence-corrected chi connectivity index (χ0v) is 10.3. The van der Waals surface area contributed by atoms with Crippen molar-refractivity contribution >= 4 is 5.97 Å². The first kappa shape index (κ1) is 16.2. The zero-order valence-electron chi connectivity index (χ0n) is 10.3. The van der Waals surface area contributed by atoms with Gasteiger partial charge in [-0.1, -0.05) is 0 Å². The molecule has 0 aliphatic carbocycles. The van der Waals surface area contributed by atoms with Crippen LogP contribution in [0.25, 0.3) is 0 Å². The van der Waals surface area contributed by atoms with E-state index >= 15 is 0 Å². The highest BCUT2D eigenvalue weighted by Gasteiger charge is 2.52. The molecule has 1 heterocycles. The third kappa shape index (κ3) is 3.20. The van der Waals surface area contributed by atoms with Gasteiger partial charge in [0.1, 0.15) is 18.3 Å². The highest BCUT2D eigenvalue weighted by Crippen LogP contribution is 2.30. The standard InChI is InChI=1S/C10H19NO8/c1-18-9(16)10(17)2-4(13)6(11)8(19-10)7(15)5(14)3-12/h4-8,12-15,17H,2-3,11H2,1H3/t4-,5-,6-,7-,8?,10?/m1/s1. The fraction of sp³-hybridized carbons (Fsp3) is 0.900. The van der Waals surface area contributed by atoms with Gasteiger partial charge in [-0.3, -0.25) is 0 Å². The molecule has 112 valence electrons. The van der Waals surface area contributed by atoms with Crippen LogP contribution in [0.2, 0.25) is 0 Å². The van der Waals surface area contributed by atoms with Crippen molar-refractivity contribution in [1.29, 1.82) is 0 Å². The molecule has 0 aromatic heterocycles. The summed E-state index contributed by atoms with van der Waals surface area (Å²) in [5, 5.41) is 47.4. The third-order valence-electron chi connectivity index (χ3n) is 3.06. The van der Waals surface area contributed by atoms with E-state index in [1.165, 1.54) is 0 Å². The number of aliphatic hydroxyl groups is 5. The van der Waals surface area contributed by atoms with E-state index in [4.69, 9.17) is 15.6 Å². The number of esters is 1. The molecular weight excluding hydrogens is 262 g/mol. The Balaban J connectivity index is 2.94. The first-order chi connectivity index (χ1) is 8.76. The first-order valence-electron chi connectivity index (χ1n) is 5.66. The molecular formula is C10H19NO8. The molecule has 9 heteroatoms. The molecule has 1 aliphatic heterocycles. The summed E-state index contributed by atoms with van der Waals surface area (Å²) in [6.07, 6.45) is -6.62. The Bertz CT molecular complexity index is 327. The molecule has 0 amide bonds.